The van der Waals surface area contributed by atoms with Gasteiger partial charge < -0.3 is 19.8 Å². The summed E-state index contributed by atoms with van der Waals surface area (Å²) < 4.78 is 6.02. The van der Waals surface area contributed by atoms with Crippen LogP contribution in [-0.4, -0.2) is 58.5 Å². The lowest BCUT2D eigenvalue weighted by molar-refractivity contribution is -0.175. The highest BCUT2D eigenvalue weighted by atomic mass is 16.5. The average molecular weight is 341 g/mol. The molecule has 5 atom stereocenters. The molecule has 0 amide bonds. The molecular formula is C19H19NO5. The van der Waals surface area contributed by atoms with Crippen LogP contribution in [0.4, 0.5) is 0 Å². The molecule has 6 nitrogen and oxygen atoms in total. The number of piperidine rings is 1. The Morgan fingerprint density at radius 1 is 1.32 bits per heavy atom. The van der Waals surface area contributed by atoms with Gasteiger partial charge in [-0.15, -0.1) is 0 Å². The van der Waals surface area contributed by atoms with Crippen molar-refractivity contribution in [3.63, 3.8) is 0 Å². The number of aldehydes is 2. The van der Waals surface area contributed by atoms with Gasteiger partial charge in [0, 0.05) is 17.5 Å². The van der Waals surface area contributed by atoms with Crippen LogP contribution in [0.5, 0.6) is 11.5 Å². The monoisotopic (exact) mass is 341 g/mol. The minimum Gasteiger partial charge on any atom is -0.504 e. The first-order valence-corrected chi connectivity index (χ1v) is 8.53. The standard InChI is InChI=1S/C19H19NO5/c1-20-7-6-18-12-4-5-17(24,9-21)19(18,10-22)25-16-14(23)3-2-11(15(16)18)8-13(12)20/h2-5,9-10,12-13,23-24H,6-8H2,1H3/t12-,13+,17+,18-,19-/m0/s1. The van der Waals surface area contributed by atoms with Crippen LogP contribution in [0.2, 0.25) is 0 Å². The maximum Gasteiger partial charge on any atom is 0.213 e. The Balaban J connectivity index is 1.93. The SMILES string of the molecule is CN1CC[C@]23c4c5ccc(O)c4O[C@@]2(C=O)[C@](O)(C=O)C=C[C@H]3[C@H]1C5. The van der Waals surface area contributed by atoms with Gasteiger partial charge >= 0.3 is 0 Å². The normalized spacial score (nSPS) is 43.3. The summed E-state index contributed by atoms with van der Waals surface area (Å²) in [5.41, 5.74) is -2.87. The zero-order chi connectivity index (χ0) is 17.6. The lowest BCUT2D eigenvalue weighted by Crippen LogP contribution is -2.76. The zero-order valence-electron chi connectivity index (χ0n) is 13.8. The Hall–Kier alpha value is -2.18. The van der Waals surface area contributed by atoms with E-state index in [1.165, 1.54) is 6.08 Å². The van der Waals surface area contributed by atoms with Crippen molar-refractivity contribution < 1.29 is 24.5 Å². The maximum absolute atomic E-state index is 12.4. The molecule has 2 aliphatic carbocycles. The first kappa shape index (κ1) is 15.1. The number of ether oxygens (including phenoxy) is 1. The van der Waals surface area contributed by atoms with E-state index < -0.39 is 16.6 Å². The smallest absolute Gasteiger partial charge is 0.213 e. The number of phenolic OH excluding ortho intramolecular Hbond substituents is 1. The molecule has 2 heterocycles. The lowest BCUT2D eigenvalue weighted by Gasteiger charge is -2.60. The first-order chi connectivity index (χ1) is 11.9. The van der Waals surface area contributed by atoms with E-state index in [-0.39, 0.29) is 23.5 Å². The number of likely N-dealkylation sites (N-methyl/N-ethyl adjacent to an activating group) is 1. The highest BCUT2D eigenvalue weighted by Gasteiger charge is 2.76. The predicted octanol–water partition coefficient (Wildman–Crippen LogP) is 0.336. The van der Waals surface area contributed by atoms with E-state index in [0.717, 1.165) is 24.1 Å². The molecule has 6 heteroatoms. The number of hydrogen-bond acceptors (Lipinski definition) is 6. The number of aromatic hydroxyl groups is 1. The number of phenols is 1. The fraction of sp³-hybridized carbons (Fsp3) is 0.474. The van der Waals surface area contributed by atoms with Gasteiger partial charge in [0.1, 0.15) is 0 Å². The van der Waals surface area contributed by atoms with Crippen molar-refractivity contribution in [2.75, 3.05) is 13.6 Å². The molecule has 130 valence electrons. The molecule has 1 fully saturated rings. The van der Waals surface area contributed by atoms with E-state index >= 15 is 0 Å². The molecule has 0 radical (unpaired) electrons. The Labute approximate surface area is 144 Å². The van der Waals surface area contributed by atoms with Gasteiger partial charge in [0.25, 0.3) is 0 Å². The summed E-state index contributed by atoms with van der Waals surface area (Å²) in [6, 6.07) is 3.57. The molecular weight excluding hydrogens is 322 g/mol. The summed E-state index contributed by atoms with van der Waals surface area (Å²) in [6.45, 7) is 0.720. The minimum atomic E-state index is -2.06. The number of benzene rings is 1. The fourth-order valence-corrected chi connectivity index (χ4v) is 5.79. The summed E-state index contributed by atoms with van der Waals surface area (Å²) in [7, 11) is 2.05. The Bertz CT molecular complexity index is 850. The van der Waals surface area contributed by atoms with Crippen LogP contribution in [0.3, 0.4) is 0 Å². The van der Waals surface area contributed by atoms with Gasteiger partial charge in [0.2, 0.25) is 5.60 Å². The van der Waals surface area contributed by atoms with E-state index in [1.807, 2.05) is 12.1 Å². The fourth-order valence-electron chi connectivity index (χ4n) is 5.79. The molecule has 2 N–H and O–H groups in total. The van der Waals surface area contributed by atoms with Gasteiger partial charge in [-0.05, 0) is 44.1 Å². The lowest BCUT2D eigenvalue weighted by atomic mass is 9.46. The van der Waals surface area contributed by atoms with Crippen LogP contribution < -0.4 is 4.74 Å². The van der Waals surface area contributed by atoms with Crippen LogP contribution in [0, 0.1) is 5.92 Å². The van der Waals surface area contributed by atoms with E-state index in [4.69, 9.17) is 4.74 Å². The molecule has 2 bridgehead atoms. The summed E-state index contributed by atoms with van der Waals surface area (Å²) in [4.78, 5) is 26.5. The topological polar surface area (TPSA) is 87.1 Å². The van der Waals surface area contributed by atoms with Gasteiger partial charge in [-0.1, -0.05) is 12.1 Å². The van der Waals surface area contributed by atoms with Gasteiger partial charge in [-0.2, -0.15) is 0 Å². The van der Waals surface area contributed by atoms with Crippen molar-refractivity contribution in [1.29, 1.82) is 0 Å². The highest BCUT2D eigenvalue weighted by molar-refractivity contribution is 5.87. The van der Waals surface area contributed by atoms with Crippen LogP contribution in [0.1, 0.15) is 17.5 Å². The number of rotatable bonds is 2. The average Bonchev–Trinajstić information content (AvgIpc) is 2.94. The van der Waals surface area contributed by atoms with E-state index in [0.29, 0.717) is 19.0 Å². The van der Waals surface area contributed by atoms with Gasteiger partial charge in [-0.25, -0.2) is 0 Å². The molecule has 1 aromatic carbocycles. The number of hydrogen-bond donors (Lipinski definition) is 2. The third-order valence-electron chi connectivity index (χ3n) is 6.93. The summed E-state index contributed by atoms with van der Waals surface area (Å²) in [5, 5.41) is 21.4. The summed E-state index contributed by atoms with van der Waals surface area (Å²) >= 11 is 0. The van der Waals surface area contributed by atoms with Crippen molar-refractivity contribution in [3.8, 4) is 11.5 Å². The van der Waals surface area contributed by atoms with Crippen molar-refractivity contribution in [2.45, 2.75) is 35.5 Å². The van der Waals surface area contributed by atoms with Crippen LogP contribution in [-0.2, 0) is 21.4 Å². The molecule has 0 unspecified atom stereocenters. The summed E-state index contributed by atoms with van der Waals surface area (Å²) in [5.74, 6) is 0.0990. The number of nitrogens with zero attached hydrogens (tertiary/aromatic N) is 1. The van der Waals surface area contributed by atoms with Crippen molar-refractivity contribution in [1.82, 2.24) is 4.90 Å². The largest absolute Gasteiger partial charge is 0.504 e. The quantitative estimate of drug-likeness (QED) is 0.596. The number of likely N-dealkylation sites (tertiary alicyclic amines) is 1. The van der Waals surface area contributed by atoms with E-state index in [9.17, 15) is 19.8 Å². The highest BCUT2D eigenvalue weighted by Crippen LogP contribution is 2.67. The van der Waals surface area contributed by atoms with Crippen LogP contribution >= 0.6 is 0 Å². The third-order valence-corrected chi connectivity index (χ3v) is 6.93. The summed E-state index contributed by atoms with van der Waals surface area (Å²) in [6.07, 6.45) is 5.56. The first-order valence-electron chi connectivity index (χ1n) is 8.53. The molecule has 25 heavy (non-hydrogen) atoms. The second-order valence-electron chi connectivity index (χ2n) is 7.71. The predicted molar refractivity (Wildman–Crippen MR) is 87.6 cm³/mol. The molecule has 0 aromatic heterocycles. The number of carbonyl (C=O) groups excluding carboxylic acids is 2. The Kier molecular flexibility index (Phi) is 2.61. The van der Waals surface area contributed by atoms with Crippen molar-refractivity contribution in [3.05, 3.63) is 35.4 Å². The molecule has 0 saturated carbocycles. The number of carbonyl (C=O) groups is 2. The van der Waals surface area contributed by atoms with E-state index in [1.54, 1.807) is 6.07 Å². The Morgan fingerprint density at radius 3 is 2.84 bits per heavy atom. The Morgan fingerprint density at radius 2 is 2.12 bits per heavy atom. The molecule has 1 spiro atoms. The van der Waals surface area contributed by atoms with Gasteiger partial charge in [0.05, 0.1) is 5.41 Å². The zero-order valence-corrected chi connectivity index (χ0v) is 13.8. The number of aliphatic hydroxyl groups is 1. The third kappa shape index (κ3) is 1.35. The molecule has 5 rings (SSSR count). The van der Waals surface area contributed by atoms with Gasteiger partial charge in [0.15, 0.2) is 29.7 Å². The second-order valence-corrected chi connectivity index (χ2v) is 7.71. The maximum atomic E-state index is 12.4. The molecule has 1 aromatic rings. The van der Waals surface area contributed by atoms with Crippen molar-refractivity contribution >= 4 is 12.6 Å². The van der Waals surface area contributed by atoms with Crippen LogP contribution in [0.25, 0.3) is 0 Å². The second kappa shape index (κ2) is 4.31. The molecule has 4 aliphatic rings. The van der Waals surface area contributed by atoms with Gasteiger partial charge in [-0.3, -0.25) is 9.59 Å². The van der Waals surface area contributed by atoms with E-state index in [2.05, 4.69) is 11.9 Å². The molecule has 1 saturated heterocycles. The minimum absolute atomic E-state index is 0.0619. The molecule has 2 aliphatic heterocycles. The van der Waals surface area contributed by atoms with Crippen molar-refractivity contribution in [2.24, 2.45) is 5.92 Å². The van der Waals surface area contributed by atoms with Crippen LogP contribution in [0.15, 0.2) is 24.3 Å².